The van der Waals surface area contributed by atoms with E-state index in [0.29, 0.717) is 35.0 Å². The molecule has 40 heavy (non-hydrogen) atoms. The van der Waals surface area contributed by atoms with Gasteiger partial charge in [-0.1, -0.05) is 77.8 Å². The molecule has 1 aliphatic carbocycles. The molecule has 3 aliphatic rings. The normalized spacial score (nSPS) is 21.2. The van der Waals surface area contributed by atoms with Crippen molar-refractivity contribution in [3.8, 4) is 5.69 Å². The van der Waals surface area contributed by atoms with Crippen LogP contribution in [0.5, 0.6) is 0 Å². The Kier molecular flexibility index (Phi) is 6.81. The number of rotatable bonds is 5. The first-order valence-electron chi connectivity index (χ1n) is 13.6. The van der Waals surface area contributed by atoms with Crippen LogP contribution in [0.3, 0.4) is 0 Å². The van der Waals surface area contributed by atoms with Crippen LogP contribution in [0.1, 0.15) is 24.1 Å². The van der Waals surface area contributed by atoms with Gasteiger partial charge >= 0.3 is 0 Å². The highest BCUT2D eigenvalue weighted by Crippen LogP contribution is 2.66. The third-order valence-corrected chi connectivity index (χ3v) is 12.0. The molecule has 1 saturated heterocycles. The summed E-state index contributed by atoms with van der Waals surface area (Å²) in [6, 6.07) is 26.5. The summed E-state index contributed by atoms with van der Waals surface area (Å²) in [7, 11) is -2.77. The van der Waals surface area contributed by atoms with Crippen LogP contribution in [-0.4, -0.2) is 57.3 Å². The predicted molar refractivity (Wildman–Crippen MR) is 163 cm³/mol. The average molecular weight is 591 g/mol. The largest absolute Gasteiger partial charge is 0.379 e. The van der Waals surface area contributed by atoms with Crippen molar-refractivity contribution >= 4 is 53.2 Å². The van der Waals surface area contributed by atoms with E-state index in [2.05, 4.69) is 52.7 Å². The van der Waals surface area contributed by atoms with Crippen LogP contribution in [0.25, 0.3) is 5.69 Å². The molecule has 0 spiro atoms. The lowest BCUT2D eigenvalue weighted by Crippen LogP contribution is -2.47. The molecule has 0 N–H and O–H groups in total. The monoisotopic (exact) mass is 590 g/mol. The Morgan fingerprint density at radius 3 is 2.17 bits per heavy atom. The van der Waals surface area contributed by atoms with Gasteiger partial charge in [-0.3, -0.25) is 0 Å². The van der Waals surface area contributed by atoms with Gasteiger partial charge in [0.05, 0.1) is 39.9 Å². The van der Waals surface area contributed by atoms with E-state index in [1.54, 1.807) is 0 Å². The van der Waals surface area contributed by atoms with E-state index in [9.17, 15) is 0 Å². The van der Waals surface area contributed by atoms with Gasteiger partial charge in [0, 0.05) is 24.7 Å². The standard InChI is InChI=1S/C30H29Cl2N6OP/c1-21-28-30(37(34-21)23-11-6-3-7-12-23)33-29(22-9-4-2-5-10-22)38(24-15-16-24)40(28,36-17-19-39-20-18-36)35-27-25(31)13-8-14-26(27)32/h2-14,24H,15-20H2,1H3. The first kappa shape index (κ1) is 26.0. The summed E-state index contributed by atoms with van der Waals surface area (Å²) in [5.74, 6) is 1.73. The van der Waals surface area contributed by atoms with Crippen molar-refractivity contribution in [3.63, 3.8) is 0 Å². The molecule has 1 unspecified atom stereocenters. The third kappa shape index (κ3) is 4.32. The molecule has 0 amide bonds. The number of hydrogen-bond acceptors (Lipinski definition) is 4. The minimum absolute atomic E-state index is 0.299. The van der Waals surface area contributed by atoms with E-state index in [1.807, 2.05) is 47.1 Å². The first-order chi connectivity index (χ1) is 19.6. The van der Waals surface area contributed by atoms with E-state index in [-0.39, 0.29) is 0 Å². The van der Waals surface area contributed by atoms with Crippen molar-refractivity contribution in [2.45, 2.75) is 25.8 Å². The zero-order valence-electron chi connectivity index (χ0n) is 22.1. The molecule has 204 valence electrons. The predicted octanol–water partition coefficient (Wildman–Crippen LogP) is 7.36. The topological polar surface area (TPSA) is 58.3 Å². The fraction of sp³-hybridized carbons (Fsp3) is 0.267. The smallest absolute Gasteiger partial charge is 0.170 e. The van der Waals surface area contributed by atoms with Gasteiger partial charge in [0.2, 0.25) is 0 Å². The fourth-order valence-corrected chi connectivity index (χ4v) is 10.5. The highest BCUT2D eigenvalue weighted by Gasteiger charge is 2.52. The zero-order valence-corrected chi connectivity index (χ0v) is 24.5. The summed E-state index contributed by atoms with van der Waals surface area (Å²) >= 11 is 13.7. The molecule has 7 rings (SSSR count). The summed E-state index contributed by atoms with van der Waals surface area (Å²) in [6.45, 7) is 4.81. The van der Waals surface area contributed by atoms with Crippen molar-refractivity contribution in [1.29, 1.82) is 0 Å². The molecule has 10 heteroatoms. The lowest BCUT2D eigenvalue weighted by atomic mass is 10.2. The minimum Gasteiger partial charge on any atom is -0.379 e. The molecule has 7 nitrogen and oxygen atoms in total. The molecule has 2 fully saturated rings. The molecule has 1 saturated carbocycles. The van der Waals surface area contributed by atoms with Crippen molar-refractivity contribution in [2.75, 3.05) is 26.3 Å². The summed E-state index contributed by atoms with van der Waals surface area (Å²) in [5, 5.41) is 7.24. The number of ether oxygens (including phenoxy) is 1. The molecule has 2 aliphatic heterocycles. The van der Waals surface area contributed by atoms with Gasteiger partial charge in [-0.2, -0.15) is 5.10 Å². The van der Waals surface area contributed by atoms with E-state index in [0.717, 1.165) is 59.8 Å². The Morgan fingerprint density at radius 1 is 0.875 bits per heavy atom. The first-order valence-corrected chi connectivity index (χ1v) is 16.0. The SMILES string of the molecule is Cc1nn(-c2ccccc2)c2c1P(=Nc1c(Cl)cccc1Cl)(N1CCOCC1)N(C1CC1)C(c1ccccc1)=N2. The Labute approximate surface area is 244 Å². The second kappa shape index (κ2) is 10.5. The van der Waals surface area contributed by atoms with Crippen LogP contribution in [-0.2, 0) is 4.74 Å². The molecular weight excluding hydrogens is 562 g/mol. The molecule has 3 heterocycles. The maximum atomic E-state index is 6.84. The molecule has 3 aromatic carbocycles. The van der Waals surface area contributed by atoms with Crippen LogP contribution in [0.2, 0.25) is 10.0 Å². The van der Waals surface area contributed by atoms with Gasteiger partial charge in [-0.15, -0.1) is 0 Å². The number of aliphatic imine (C=N–C) groups is 1. The molecule has 1 aromatic heterocycles. The summed E-state index contributed by atoms with van der Waals surface area (Å²) in [6.07, 6.45) is 2.15. The number of aromatic nitrogens is 2. The highest BCUT2D eigenvalue weighted by molar-refractivity contribution is 7.70. The number of para-hydroxylation sites is 1. The number of aryl methyl sites for hydroxylation is 1. The molecule has 0 bridgehead atoms. The van der Waals surface area contributed by atoms with E-state index in [4.69, 9.17) is 42.8 Å². The second-order valence-corrected chi connectivity index (χ2v) is 13.8. The van der Waals surface area contributed by atoms with Crippen LogP contribution >= 0.6 is 30.6 Å². The Morgan fingerprint density at radius 2 is 1.52 bits per heavy atom. The van der Waals surface area contributed by atoms with Gasteiger partial charge in [0.25, 0.3) is 0 Å². The fourth-order valence-electron chi connectivity index (χ4n) is 5.60. The van der Waals surface area contributed by atoms with Gasteiger partial charge < -0.3 is 9.41 Å². The maximum absolute atomic E-state index is 6.84. The van der Waals surface area contributed by atoms with Crippen LogP contribution in [0.15, 0.2) is 88.6 Å². The Balaban J connectivity index is 1.63. The lowest BCUT2D eigenvalue weighted by Gasteiger charge is -2.48. The van der Waals surface area contributed by atoms with Crippen LogP contribution < -0.4 is 5.30 Å². The Bertz CT molecular complexity index is 1630. The van der Waals surface area contributed by atoms with Crippen molar-refractivity contribution in [2.24, 2.45) is 9.74 Å². The van der Waals surface area contributed by atoms with E-state index in [1.165, 1.54) is 0 Å². The number of halogens is 2. The Hall–Kier alpha value is -2.93. The number of benzene rings is 3. The molecule has 0 radical (unpaired) electrons. The number of nitrogens with zero attached hydrogens (tertiary/aromatic N) is 6. The number of amidine groups is 1. The second-order valence-electron chi connectivity index (χ2n) is 10.2. The van der Waals surface area contributed by atoms with Gasteiger partial charge in [0.1, 0.15) is 11.5 Å². The molecule has 4 aromatic rings. The number of morpholine rings is 1. The summed E-state index contributed by atoms with van der Waals surface area (Å²) in [4.78, 5) is 5.42. The average Bonchev–Trinajstić information content (AvgIpc) is 3.78. The van der Waals surface area contributed by atoms with Gasteiger partial charge in [-0.25, -0.2) is 19.1 Å². The van der Waals surface area contributed by atoms with Crippen LogP contribution in [0.4, 0.5) is 11.5 Å². The minimum atomic E-state index is -2.77. The zero-order chi connectivity index (χ0) is 27.3. The van der Waals surface area contributed by atoms with E-state index >= 15 is 0 Å². The highest BCUT2D eigenvalue weighted by atomic mass is 35.5. The summed E-state index contributed by atoms with van der Waals surface area (Å²) < 4.78 is 18.6. The van der Waals surface area contributed by atoms with E-state index < -0.39 is 7.36 Å². The number of fused-ring (bicyclic) bond motifs is 1. The summed E-state index contributed by atoms with van der Waals surface area (Å²) in [5.41, 5.74) is 3.53. The molecular formula is C30H29Cl2N6OP. The third-order valence-electron chi connectivity index (χ3n) is 7.52. The maximum Gasteiger partial charge on any atom is 0.170 e. The quantitative estimate of drug-likeness (QED) is 0.228. The van der Waals surface area contributed by atoms with Crippen LogP contribution in [0, 0.1) is 6.92 Å². The number of hydrogen-bond donors (Lipinski definition) is 0. The van der Waals surface area contributed by atoms with Crippen molar-refractivity contribution < 1.29 is 4.74 Å². The van der Waals surface area contributed by atoms with Crippen molar-refractivity contribution in [3.05, 3.63) is 100 Å². The lowest BCUT2D eigenvalue weighted by molar-refractivity contribution is 0.0729. The van der Waals surface area contributed by atoms with Gasteiger partial charge in [0.15, 0.2) is 13.2 Å². The van der Waals surface area contributed by atoms with Gasteiger partial charge in [-0.05, 0) is 44.0 Å². The molecule has 1 atom stereocenters. The van der Waals surface area contributed by atoms with Crippen molar-refractivity contribution in [1.82, 2.24) is 19.1 Å².